The summed E-state index contributed by atoms with van der Waals surface area (Å²) in [5.74, 6) is 0. The third kappa shape index (κ3) is 1.69. The van der Waals surface area contributed by atoms with Crippen molar-refractivity contribution in [3.05, 3.63) is 18.0 Å². The molecular formula is C11H19N3. The number of aromatic nitrogens is 2. The fourth-order valence-electron chi connectivity index (χ4n) is 2.27. The molecule has 0 atom stereocenters. The lowest BCUT2D eigenvalue weighted by atomic mass is 9.92. The second kappa shape index (κ2) is 3.73. The lowest BCUT2D eigenvalue weighted by molar-refractivity contribution is 0.460. The molecule has 2 rings (SSSR count). The van der Waals surface area contributed by atoms with Gasteiger partial charge in [0.05, 0.1) is 6.20 Å². The smallest absolute Gasteiger partial charge is 0.0540 e. The van der Waals surface area contributed by atoms with E-state index in [0.717, 1.165) is 25.8 Å². The van der Waals surface area contributed by atoms with E-state index in [1.165, 1.54) is 18.4 Å². The highest BCUT2D eigenvalue weighted by Gasteiger charge is 2.32. The second-order valence-corrected chi connectivity index (χ2v) is 4.36. The largest absolute Gasteiger partial charge is 0.321 e. The van der Waals surface area contributed by atoms with Gasteiger partial charge in [-0.3, -0.25) is 4.68 Å². The van der Waals surface area contributed by atoms with Crippen LogP contribution in [0.5, 0.6) is 0 Å². The third-order valence-corrected chi connectivity index (χ3v) is 3.16. The first-order valence-corrected chi connectivity index (χ1v) is 5.56. The number of hydrogen-bond donors (Lipinski definition) is 1. The molecule has 1 aromatic heterocycles. The van der Waals surface area contributed by atoms with Crippen LogP contribution in [0.15, 0.2) is 12.4 Å². The molecule has 3 nitrogen and oxygen atoms in total. The van der Waals surface area contributed by atoms with Gasteiger partial charge in [0, 0.05) is 23.8 Å². The van der Waals surface area contributed by atoms with Crippen LogP contribution in [0.3, 0.4) is 0 Å². The highest BCUT2D eigenvalue weighted by Crippen LogP contribution is 2.35. The molecule has 0 radical (unpaired) electrons. The lowest BCUT2D eigenvalue weighted by Crippen LogP contribution is -2.32. The fourth-order valence-corrected chi connectivity index (χ4v) is 2.27. The molecule has 0 saturated heterocycles. The summed E-state index contributed by atoms with van der Waals surface area (Å²) in [4.78, 5) is 0. The summed E-state index contributed by atoms with van der Waals surface area (Å²) >= 11 is 0. The quantitative estimate of drug-likeness (QED) is 0.798. The van der Waals surface area contributed by atoms with E-state index in [9.17, 15) is 0 Å². The van der Waals surface area contributed by atoms with Gasteiger partial charge in [-0.2, -0.15) is 5.10 Å². The average molecular weight is 193 g/mol. The van der Waals surface area contributed by atoms with Gasteiger partial charge < -0.3 is 5.73 Å². The van der Waals surface area contributed by atoms with E-state index in [1.54, 1.807) is 0 Å². The third-order valence-electron chi connectivity index (χ3n) is 3.16. The van der Waals surface area contributed by atoms with Crippen LogP contribution in [-0.2, 0) is 12.1 Å². The second-order valence-electron chi connectivity index (χ2n) is 4.36. The Balaban J connectivity index is 2.15. The maximum atomic E-state index is 6.34. The molecule has 78 valence electrons. The molecule has 0 amide bonds. The van der Waals surface area contributed by atoms with Crippen molar-refractivity contribution in [2.24, 2.45) is 5.73 Å². The van der Waals surface area contributed by atoms with Crippen LogP contribution in [-0.4, -0.2) is 9.78 Å². The first-order chi connectivity index (χ1) is 6.74. The zero-order valence-corrected chi connectivity index (χ0v) is 8.87. The van der Waals surface area contributed by atoms with E-state index < -0.39 is 0 Å². The average Bonchev–Trinajstić information content (AvgIpc) is 2.75. The summed E-state index contributed by atoms with van der Waals surface area (Å²) in [6.45, 7) is 3.16. The first kappa shape index (κ1) is 9.71. The Morgan fingerprint density at radius 3 is 2.86 bits per heavy atom. The van der Waals surface area contributed by atoms with Gasteiger partial charge in [0.15, 0.2) is 0 Å². The van der Waals surface area contributed by atoms with Crippen LogP contribution < -0.4 is 5.73 Å². The number of hydrogen-bond acceptors (Lipinski definition) is 2. The minimum atomic E-state index is -0.0774. The maximum Gasteiger partial charge on any atom is 0.0540 e. The molecule has 1 heterocycles. The first-order valence-electron chi connectivity index (χ1n) is 5.56. The Morgan fingerprint density at radius 1 is 1.50 bits per heavy atom. The van der Waals surface area contributed by atoms with Crippen molar-refractivity contribution in [1.29, 1.82) is 0 Å². The summed E-state index contributed by atoms with van der Waals surface area (Å²) < 4.78 is 2.00. The minimum absolute atomic E-state index is 0.0774. The summed E-state index contributed by atoms with van der Waals surface area (Å²) in [5, 5.41) is 4.33. The summed E-state index contributed by atoms with van der Waals surface area (Å²) in [6.07, 6.45) is 9.94. The molecule has 1 aliphatic rings. The van der Waals surface area contributed by atoms with E-state index in [4.69, 9.17) is 5.73 Å². The molecule has 0 aromatic carbocycles. The molecule has 1 aliphatic carbocycles. The predicted molar refractivity (Wildman–Crippen MR) is 56.9 cm³/mol. The summed E-state index contributed by atoms with van der Waals surface area (Å²) in [7, 11) is 0. The zero-order valence-electron chi connectivity index (χ0n) is 8.87. The number of nitrogens with two attached hydrogens (primary N) is 1. The normalized spacial score (nSPS) is 20.1. The fraction of sp³-hybridized carbons (Fsp3) is 0.727. The van der Waals surface area contributed by atoms with E-state index in [0.29, 0.717) is 0 Å². The Bertz CT molecular complexity index is 297. The SMILES string of the molecule is CCCn1cc(C2(N)CCCC2)cn1. The zero-order chi connectivity index (χ0) is 10.0. The summed E-state index contributed by atoms with van der Waals surface area (Å²) in [6, 6.07) is 0. The van der Waals surface area contributed by atoms with E-state index in [2.05, 4.69) is 18.2 Å². The Hall–Kier alpha value is -0.830. The lowest BCUT2D eigenvalue weighted by Gasteiger charge is -2.21. The van der Waals surface area contributed by atoms with Crippen LogP contribution in [0, 0.1) is 0 Å². The number of aryl methyl sites for hydroxylation is 1. The van der Waals surface area contributed by atoms with Crippen molar-refractivity contribution in [3.63, 3.8) is 0 Å². The summed E-state index contributed by atoms with van der Waals surface area (Å²) in [5.41, 5.74) is 7.48. The van der Waals surface area contributed by atoms with Crippen LogP contribution in [0.2, 0.25) is 0 Å². The van der Waals surface area contributed by atoms with Crippen molar-refractivity contribution < 1.29 is 0 Å². The van der Waals surface area contributed by atoms with Crippen LogP contribution in [0.4, 0.5) is 0 Å². The molecule has 2 N–H and O–H groups in total. The maximum absolute atomic E-state index is 6.34. The Kier molecular flexibility index (Phi) is 2.59. The van der Waals surface area contributed by atoms with E-state index >= 15 is 0 Å². The minimum Gasteiger partial charge on any atom is -0.321 e. The number of rotatable bonds is 3. The van der Waals surface area contributed by atoms with Gasteiger partial charge in [-0.15, -0.1) is 0 Å². The molecule has 3 heteroatoms. The van der Waals surface area contributed by atoms with Gasteiger partial charge in [0.25, 0.3) is 0 Å². The van der Waals surface area contributed by atoms with Crippen molar-refractivity contribution in [2.75, 3.05) is 0 Å². The molecule has 1 fully saturated rings. The van der Waals surface area contributed by atoms with Gasteiger partial charge in [-0.1, -0.05) is 19.8 Å². The molecule has 0 bridgehead atoms. The van der Waals surface area contributed by atoms with Crippen LogP contribution >= 0.6 is 0 Å². The highest BCUT2D eigenvalue weighted by molar-refractivity contribution is 5.18. The van der Waals surface area contributed by atoms with Gasteiger partial charge >= 0.3 is 0 Å². The van der Waals surface area contributed by atoms with Crippen molar-refractivity contribution >= 4 is 0 Å². The van der Waals surface area contributed by atoms with Gasteiger partial charge in [-0.25, -0.2) is 0 Å². The Morgan fingerprint density at radius 2 is 2.21 bits per heavy atom. The number of nitrogens with zero attached hydrogens (tertiary/aromatic N) is 2. The molecule has 1 saturated carbocycles. The van der Waals surface area contributed by atoms with Gasteiger partial charge in [0.2, 0.25) is 0 Å². The molecule has 0 aliphatic heterocycles. The monoisotopic (exact) mass is 193 g/mol. The van der Waals surface area contributed by atoms with Crippen LogP contribution in [0.25, 0.3) is 0 Å². The van der Waals surface area contributed by atoms with E-state index in [-0.39, 0.29) is 5.54 Å². The van der Waals surface area contributed by atoms with Crippen molar-refractivity contribution in [2.45, 2.75) is 51.1 Å². The van der Waals surface area contributed by atoms with E-state index in [1.807, 2.05) is 10.9 Å². The standard InChI is InChI=1S/C11H19N3/c1-2-7-14-9-10(8-13-14)11(12)5-3-4-6-11/h8-9H,2-7,12H2,1H3. The van der Waals surface area contributed by atoms with Gasteiger partial charge in [0.1, 0.15) is 0 Å². The molecule has 14 heavy (non-hydrogen) atoms. The predicted octanol–water partition coefficient (Wildman–Crippen LogP) is 2.02. The van der Waals surface area contributed by atoms with Crippen LogP contribution in [0.1, 0.15) is 44.6 Å². The molecule has 1 aromatic rings. The van der Waals surface area contributed by atoms with Crippen molar-refractivity contribution in [1.82, 2.24) is 9.78 Å². The van der Waals surface area contributed by atoms with Crippen molar-refractivity contribution in [3.8, 4) is 0 Å². The van der Waals surface area contributed by atoms with Gasteiger partial charge in [-0.05, 0) is 19.3 Å². The molecule has 0 spiro atoms. The Labute approximate surface area is 85.3 Å². The topological polar surface area (TPSA) is 43.8 Å². The highest BCUT2D eigenvalue weighted by atomic mass is 15.3. The molecule has 0 unspecified atom stereocenters. The molecular weight excluding hydrogens is 174 g/mol.